The van der Waals surface area contributed by atoms with Crippen LogP contribution in [0, 0.1) is 0 Å². The Labute approximate surface area is 186 Å². The molecule has 1 saturated heterocycles. The third-order valence-electron chi connectivity index (χ3n) is 5.30. The zero-order chi connectivity index (χ0) is 18.9. The summed E-state index contributed by atoms with van der Waals surface area (Å²) in [5.74, 6) is 0.902. The van der Waals surface area contributed by atoms with Crippen LogP contribution in [0.4, 0.5) is 0 Å². The van der Waals surface area contributed by atoms with Crippen molar-refractivity contribution in [3.8, 4) is 0 Å². The lowest BCUT2D eigenvalue weighted by Crippen LogP contribution is -2.42. The van der Waals surface area contributed by atoms with Crippen LogP contribution >= 0.6 is 24.0 Å². The molecule has 0 amide bonds. The highest BCUT2D eigenvalue weighted by atomic mass is 127. The van der Waals surface area contributed by atoms with Gasteiger partial charge in [-0.05, 0) is 50.5 Å². The predicted molar refractivity (Wildman–Crippen MR) is 130 cm³/mol. The van der Waals surface area contributed by atoms with E-state index in [1.807, 2.05) is 7.05 Å². The molecule has 3 rings (SSSR count). The summed E-state index contributed by atoms with van der Waals surface area (Å²) < 4.78 is 2.32. The minimum Gasteiger partial charge on any atom is -0.356 e. The molecule has 0 spiro atoms. The maximum atomic E-state index is 4.35. The molecule has 0 atom stereocenters. The number of guanidine groups is 1. The summed E-state index contributed by atoms with van der Waals surface area (Å²) in [6, 6.07) is 10.7. The Balaban J connectivity index is 0.00000280. The normalized spacial score (nSPS) is 16.6. The number of para-hydroxylation sites is 1. The Morgan fingerprint density at radius 1 is 1.00 bits per heavy atom. The first-order valence-electron chi connectivity index (χ1n) is 10.2. The molecule has 0 aliphatic carbocycles. The number of likely N-dealkylation sites (N-methyl/N-ethyl adjacent to an activating group) is 1. The van der Waals surface area contributed by atoms with Gasteiger partial charge in [0.05, 0.1) is 0 Å². The number of aromatic nitrogens is 1. The maximum absolute atomic E-state index is 4.35. The first-order valence-corrected chi connectivity index (χ1v) is 10.2. The fourth-order valence-electron chi connectivity index (χ4n) is 3.67. The van der Waals surface area contributed by atoms with E-state index in [0.717, 1.165) is 45.1 Å². The summed E-state index contributed by atoms with van der Waals surface area (Å²) in [5.41, 5.74) is 1.31. The Morgan fingerprint density at radius 2 is 1.82 bits per heavy atom. The number of halogens is 1. The highest BCUT2D eigenvalue weighted by Gasteiger charge is 2.11. The van der Waals surface area contributed by atoms with Crippen molar-refractivity contribution in [1.82, 2.24) is 25.0 Å². The molecule has 1 aromatic heterocycles. The Kier molecular flexibility index (Phi) is 10.1. The number of hydrogen-bond acceptors (Lipinski definition) is 3. The molecule has 1 aliphatic heterocycles. The second kappa shape index (κ2) is 12.3. The van der Waals surface area contributed by atoms with Crippen LogP contribution in [0.25, 0.3) is 10.9 Å². The number of nitrogens with zero attached hydrogens (tertiary/aromatic N) is 4. The molecule has 1 fully saturated rings. The fourth-order valence-corrected chi connectivity index (χ4v) is 3.67. The van der Waals surface area contributed by atoms with Crippen molar-refractivity contribution >= 4 is 40.8 Å². The van der Waals surface area contributed by atoms with E-state index in [-0.39, 0.29) is 24.0 Å². The van der Waals surface area contributed by atoms with Crippen LogP contribution in [0.3, 0.4) is 0 Å². The van der Waals surface area contributed by atoms with Gasteiger partial charge in [-0.2, -0.15) is 0 Å². The van der Waals surface area contributed by atoms with E-state index in [1.165, 1.54) is 37.0 Å². The van der Waals surface area contributed by atoms with Gasteiger partial charge in [0.2, 0.25) is 0 Å². The molecule has 6 nitrogen and oxygen atoms in total. The van der Waals surface area contributed by atoms with E-state index in [9.17, 15) is 0 Å². The maximum Gasteiger partial charge on any atom is 0.191 e. The van der Waals surface area contributed by atoms with E-state index in [0.29, 0.717) is 0 Å². The van der Waals surface area contributed by atoms with Crippen LogP contribution in [0.5, 0.6) is 0 Å². The van der Waals surface area contributed by atoms with Gasteiger partial charge >= 0.3 is 0 Å². The van der Waals surface area contributed by atoms with E-state index in [4.69, 9.17) is 0 Å². The average Bonchev–Trinajstić information content (AvgIpc) is 2.98. The first-order chi connectivity index (χ1) is 13.3. The zero-order valence-corrected chi connectivity index (χ0v) is 19.6. The molecule has 0 unspecified atom stereocenters. The lowest BCUT2D eigenvalue weighted by Gasteiger charge is -2.21. The van der Waals surface area contributed by atoms with Gasteiger partial charge in [-0.1, -0.05) is 18.2 Å². The molecule has 0 saturated carbocycles. The smallest absolute Gasteiger partial charge is 0.191 e. The molecular formula is C21H35IN6. The van der Waals surface area contributed by atoms with Gasteiger partial charge < -0.3 is 25.0 Å². The third-order valence-corrected chi connectivity index (χ3v) is 5.30. The largest absolute Gasteiger partial charge is 0.356 e. The van der Waals surface area contributed by atoms with Gasteiger partial charge in [0.15, 0.2) is 5.96 Å². The third kappa shape index (κ3) is 6.93. The highest BCUT2D eigenvalue weighted by Crippen LogP contribution is 2.15. The van der Waals surface area contributed by atoms with Gasteiger partial charge in [-0.15, -0.1) is 24.0 Å². The zero-order valence-electron chi connectivity index (χ0n) is 17.2. The monoisotopic (exact) mass is 498 g/mol. The molecule has 0 bridgehead atoms. The summed E-state index contributed by atoms with van der Waals surface area (Å²) in [6.45, 7) is 8.68. The van der Waals surface area contributed by atoms with Crippen LogP contribution in [-0.4, -0.2) is 80.2 Å². The lowest BCUT2D eigenvalue weighted by molar-refractivity contribution is 0.280. The lowest BCUT2D eigenvalue weighted by atomic mass is 10.2. The van der Waals surface area contributed by atoms with Gasteiger partial charge in [-0.25, -0.2) is 0 Å². The number of hydrogen-bond donors (Lipinski definition) is 2. The molecule has 0 radical (unpaired) electrons. The quantitative estimate of drug-likeness (QED) is 0.267. The number of rotatable bonds is 7. The van der Waals surface area contributed by atoms with Crippen molar-refractivity contribution in [2.24, 2.45) is 4.99 Å². The van der Waals surface area contributed by atoms with Crippen molar-refractivity contribution in [2.75, 3.05) is 59.9 Å². The number of benzene rings is 1. The summed E-state index contributed by atoms with van der Waals surface area (Å²) in [4.78, 5) is 9.31. The molecule has 1 aromatic carbocycles. The van der Waals surface area contributed by atoms with Crippen LogP contribution in [0.15, 0.2) is 41.5 Å². The number of aryl methyl sites for hydroxylation is 1. The number of fused-ring (bicyclic) bond motifs is 1. The fraction of sp³-hybridized carbons (Fsp3) is 0.571. The van der Waals surface area contributed by atoms with Crippen molar-refractivity contribution in [3.05, 3.63) is 36.5 Å². The number of nitrogens with one attached hydrogen (secondary N) is 2. The van der Waals surface area contributed by atoms with E-state index in [2.05, 4.69) is 73.6 Å². The van der Waals surface area contributed by atoms with Gasteiger partial charge in [0.25, 0.3) is 0 Å². The molecule has 2 aromatic rings. The topological polar surface area (TPSA) is 47.8 Å². The molecule has 1 aliphatic rings. The Hall–Kier alpha value is -1.32. The molecule has 2 heterocycles. The summed E-state index contributed by atoms with van der Waals surface area (Å²) >= 11 is 0. The minimum absolute atomic E-state index is 0. The second-order valence-corrected chi connectivity index (χ2v) is 7.35. The summed E-state index contributed by atoms with van der Waals surface area (Å²) in [5, 5.41) is 8.19. The molecule has 28 heavy (non-hydrogen) atoms. The predicted octanol–water partition coefficient (Wildman–Crippen LogP) is 2.45. The Morgan fingerprint density at radius 3 is 2.68 bits per heavy atom. The average molecular weight is 498 g/mol. The molecule has 2 N–H and O–H groups in total. The summed E-state index contributed by atoms with van der Waals surface area (Å²) in [7, 11) is 4.06. The standard InChI is InChI=1S/C21H34N6.HI/c1-22-21(24-11-16-26-13-6-12-25(2)17-18-26)23-10-5-14-27-15-9-19-7-3-4-8-20(19)27;/h3-4,7-9,15H,5-6,10-14,16-18H2,1-2H3,(H2,22,23,24);1H. The van der Waals surface area contributed by atoms with Gasteiger partial charge in [-0.3, -0.25) is 4.99 Å². The molecule has 7 heteroatoms. The Bertz CT molecular complexity index is 729. The van der Waals surface area contributed by atoms with Crippen LogP contribution in [0.1, 0.15) is 12.8 Å². The van der Waals surface area contributed by atoms with Crippen LogP contribution in [0.2, 0.25) is 0 Å². The number of aliphatic imine (C=N–C) groups is 1. The van der Waals surface area contributed by atoms with Crippen LogP contribution in [-0.2, 0) is 6.54 Å². The van der Waals surface area contributed by atoms with E-state index in [1.54, 1.807) is 0 Å². The van der Waals surface area contributed by atoms with E-state index >= 15 is 0 Å². The molecular weight excluding hydrogens is 463 g/mol. The second-order valence-electron chi connectivity index (χ2n) is 7.35. The van der Waals surface area contributed by atoms with Crippen molar-refractivity contribution in [3.63, 3.8) is 0 Å². The van der Waals surface area contributed by atoms with Crippen molar-refractivity contribution in [1.29, 1.82) is 0 Å². The van der Waals surface area contributed by atoms with Crippen molar-refractivity contribution in [2.45, 2.75) is 19.4 Å². The van der Waals surface area contributed by atoms with Crippen LogP contribution < -0.4 is 10.6 Å². The minimum atomic E-state index is 0. The SMILES string of the molecule is CN=C(NCCCn1ccc2ccccc21)NCCN1CCCN(C)CC1.I. The highest BCUT2D eigenvalue weighted by molar-refractivity contribution is 14.0. The van der Waals surface area contributed by atoms with E-state index < -0.39 is 0 Å². The first kappa shape index (κ1) is 23.0. The van der Waals surface area contributed by atoms with Gasteiger partial charge in [0.1, 0.15) is 0 Å². The van der Waals surface area contributed by atoms with Gasteiger partial charge in [0, 0.05) is 58.0 Å². The van der Waals surface area contributed by atoms with Crippen molar-refractivity contribution < 1.29 is 0 Å². The molecule has 156 valence electrons. The summed E-state index contributed by atoms with van der Waals surface area (Å²) in [6.07, 6.45) is 4.51.